The number of hydrogen-bond acceptors (Lipinski definition) is 3. The molecule has 0 fully saturated rings. The van der Waals surface area contributed by atoms with Crippen molar-refractivity contribution in [2.24, 2.45) is 0 Å². The quantitative estimate of drug-likeness (QED) is 0.719. The molecule has 0 amide bonds. The molecule has 0 bridgehead atoms. The molecule has 0 saturated carbocycles. The molecule has 2 aromatic rings. The molecule has 3 nitrogen and oxygen atoms in total. The lowest BCUT2D eigenvalue weighted by atomic mass is 10.2. The zero-order valence-electron chi connectivity index (χ0n) is 7.08. The largest absolute Gasteiger partial charge is 0.443 e. The predicted molar refractivity (Wildman–Crippen MR) is 49.2 cm³/mol. The highest BCUT2D eigenvalue weighted by Gasteiger charge is 2.10. The number of oxazole rings is 1. The first-order valence-corrected chi connectivity index (χ1v) is 4.44. The predicted octanol–water partition coefficient (Wildman–Crippen LogP) is 2.61. The Balaban J connectivity index is 2.49. The molecule has 0 N–H and O–H groups in total. The van der Waals surface area contributed by atoms with Crippen molar-refractivity contribution >= 4 is 11.6 Å². The van der Waals surface area contributed by atoms with Gasteiger partial charge in [0, 0.05) is 11.8 Å². The van der Waals surface area contributed by atoms with Crippen LogP contribution in [-0.2, 0) is 5.88 Å². The van der Waals surface area contributed by atoms with E-state index in [1.807, 2.05) is 0 Å². The monoisotopic (exact) mass is 212 g/mol. The minimum absolute atomic E-state index is 0.225. The Hall–Kier alpha value is -1.42. The lowest BCUT2D eigenvalue weighted by Gasteiger charge is -1.97. The molecular formula is C9H6ClFN2O. The maximum Gasteiger partial charge on any atom is 0.181 e. The minimum atomic E-state index is -0.417. The van der Waals surface area contributed by atoms with Crippen molar-refractivity contribution in [3.63, 3.8) is 0 Å². The molecule has 14 heavy (non-hydrogen) atoms. The van der Waals surface area contributed by atoms with Gasteiger partial charge in [-0.1, -0.05) is 0 Å². The zero-order valence-corrected chi connectivity index (χ0v) is 7.83. The van der Waals surface area contributed by atoms with Crippen LogP contribution in [0.25, 0.3) is 11.3 Å². The van der Waals surface area contributed by atoms with Gasteiger partial charge in [-0.25, -0.2) is 9.37 Å². The molecule has 0 aliphatic rings. The van der Waals surface area contributed by atoms with Gasteiger partial charge in [0.2, 0.25) is 0 Å². The van der Waals surface area contributed by atoms with E-state index in [4.69, 9.17) is 16.0 Å². The number of alkyl halides is 1. The van der Waals surface area contributed by atoms with Crippen LogP contribution in [0.3, 0.4) is 0 Å². The van der Waals surface area contributed by atoms with Crippen LogP contribution < -0.4 is 0 Å². The van der Waals surface area contributed by atoms with Crippen LogP contribution >= 0.6 is 11.6 Å². The van der Waals surface area contributed by atoms with Crippen LogP contribution in [0.15, 0.2) is 29.3 Å². The van der Waals surface area contributed by atoms with E-state index in [9.17, 15) is 4.39 Å². The number of rotatable bonds is 2. The van der Waals surface area contributed by atoms with Gasteiger partial charge in [-0.15, -0.1) is 11.6 Å². The molecule has 0 aliphatic heterocycles. The Bertz CT molecular complexity index is 444. The third-order valence-electron chi connectivity index (χ3n) is 1.73. The summed E-state index contributed by atoms with van der Waals surface area (Å²) < 4.78 is 17.9. The summed E-state index contributed by atoms with van der Waals surface area (Å²) in [5, 5.41) is 0. The van der Waals surface area contributed by atoms with Gasteiger partial charge in [0.25, 0.3) is 0 Å². The molecular weight excluding hydrogens is 207 g/mol. The van der Waals surface area contributed by atoms with Gasteiger partial charge < -0.3 is 4.42 Å². The van der Waals surface area contributed by atoms with Crippen molar-refractivity contribution in [3.8, 4) is 11.3 Å². The van der Waals surface area contributed by atoms with Crippen LogP contribution in [0.4, 0.5) is 4.39 Å². The van der Waals surface area contributed by atoms with Gasteiger partial charge in [-0.05, 0) is 6.07 Å². The first-order chi connectivity index (χ1) is 6.81. The van der Waals surface area contributed by atoms with Crippen LogP contribution in [0, 0.1) is 5.82 Å². The van der Waals surface area contributed by atoms with Gasteiger partial charge in [0.1, 0.15) is 11.5 Å². The SMILES string of the molecule is Fc1cncc(-c2ocnc2CCl)c1. The summed E-state index contributed by atoms with van der Waals surface area (Å²) in [5.74, 6) is 0.272. The summed E-state index contributed by atoms with van der Waals surface area (Å²) in [6.45, 7) is 0. The number of pyridine rings is 1. The van der Waals surface area contributed by atoms with E-state index < -0.39 is 5.82 Å². The average molecular weight is 213 g/mol. The van der Waals surface area contributed by atoms with E-state index >= 15 is 0 Å². The second-order valence-electron chi connectivity index (χ2n) is 2.65. The standard InChI is InChI=1S/C9H6ClFN2O/c10-2-8-9(14-5-13-8)6-1-7(11)4-12-3-6/h1,3-5H,2H2. The molecule has 0 atom stereocenters. The van der Waals surface area contributed by atoms with Crippen LogP contribution in [0.5, 0.6) is 0 Å². The fraction of sp³-hybridized carbons (Fsp3) is 0.111. The molecule has 2 aromatic heterocycles. The number of nitrogens with zero attached hydrogens (tertiary/aromatic N) is 2. The lowest BCUT2D eigenvalue weighted by molar-refractivity contribution is 0.568. The Kier molecular flexibility index (Phi) is 2.45. The highest BCUT2D eigenvalue weighted by molar-refractivity contribution is 6.17. The van der Waals surface area contributed by atoms with E-state index in [0.29, 0.717) is 17.0 Å². The highest BCUT2D eigenvalue weighted by atomic mass is 35.5. The van der Waals surface area contributed by atoms with E-state index in [1.54, 1.807) is 0 Å². The Morgan fingerprint density at radius 1 is 1.43 bits per heavy atom. The van der Waals surface area contributed by atoms with Crippen molar-refractivity contribution in [2.45, 2.75) is 5.88 Å². The molecule has 0 aliphatic carbocycles. The second-order valence-corrected chi connectivity index (χ2v) is 2.92. The first kappa shape index (κ1) is 9.15. The third-order valence-corrected chi connectivity index (χ3v) is 1.99. The van der Waals surface area contributed by atoms with E-state index in [1.165, 1.54) is 18.7 Å². The number of halogens is 2. The zero-order chi connectivity index (χ0) is 9.97. The van der Waals surface area contributed by atoms with E-state index in [2.05, 4.69) is 9.97 Å². The highest BCUT2D eigenvalue weighted by Crippen LogP contribution is 2.23. The van der Waals surface area contributed by atoms with E-state index in [-0.39, 0.29) is 5.88 Å². The normalized spacial score (nSPS) is 10.4. The summed E-state index contributed by atoms with van der Waals surface area (Å²) >= 11 is 5.63. The summed E-state index contributed by atoms with van der Waals surface area (Å²) in [4.78, 5) is 7.60. The third kappa shape index (κ3) is 1.61. The van der Waals surface area contributed by atoms with Gasteiger partial charge in [-0.2, -0.15) is 0 Å². The molecule has 0 radical (unpaired) electrons. The average Bonchev–Trinajstić information content (AvgIpc) is 2.65. The van der Waals surface area contributed by atoms with Gasteiger partial charge in [0.05, 0.1) is 12.1 Å². The molecule has 0 unspecified atom stereocenters. The lowest BCUT2D eigenvalue weighted by Crippen LogP contribution is -1.85. The summed E-state index contributed by atoms with van der Waals surface area (Å²) in [7, 11) is 0. The van der Waals surface area contributed by atoms with Gasteiger partial charge in [0.15, 0.2) is 12.2 Å². The first-order valence-electron chi connectivity index (χ1n) is 3.90. The van der Waals surface area contributed by atoms with Crippen LogP contribution in [0.2, 0.25) is 0 Å². The Morgan fingerprint density at radius 2 is 2.29 bits per heavy atom. The van der Waals surface area contributed by atoms with Crippen molar-refractivity contribution in [1.82, 2.24) is 9.97 Å². The molecule has 0 aromatic carbocycles. The van der Waals surface area contributed by atoms with Gasteiger partial charge in [-0.3, -0.25) is 4.98 Å². The Labute approximate surface area is 84.6 Å². The molecule has 0 spiro atoms. The number of aromatic nitrogens is 2. The summed E-state index contributed by atoms with van der Waals surface area (Å²) in [6, 6.07) is 1.32. The van der Waals surface area contributed by atoms with Crippen LogP contribution in [0.1, 0.15) is 5.69 Å². The fourth-order valence-electron chi connectivity index (χ4n) is 1.14. The molecule has 5 heteroatoms. The minimum Gasteiger partial charge on any atom is -0.443 e. The topological polar surface area (TPSA) is 38.9 Å². The smallest absolute Gasteiger partial charge is 0.181 e. The maximum atomic E-state index is 12.8. The summed E-state index contributed by atoms with van der Waals surface area (Å²) in [6.07, 6.45) is 3.90. The molecule has 2 heterocycles. The van der Waals surface area contributed by atoms with Crippen molar-refractivity contribution in [2.75, 3.05) is 0 Å². The molecule has 0 saturated heterocycles. The van der Waals surface area contributed by atoms with Crippen LogP contribution in [-0.4, -0.2) is 9.97 Å². The molecule has 2 rings (SSSR count). The second kappa shape index (κ2) is 3.75. The molecule has 72 valence electrons. The number of hydrogen-bond donors (Lipinski definition) is 0. The van der Waals surface area contributed by atoms with E-state index in [0.717, 1.165) is 6.20 Å². The van der Waals surface area contributed by atoms with Crippen molar-refractivity contribution < 1.29 is 8.81 Å². The fourth-order valence-corrected chi connectivity index (χ4v) is 1.33. The maximum absolute atomic E-state index is 12.8. The van der Waals surface area contributed by atoms with Crippen molar-refractivity contribution in [1.29, 1.82) is 0 Å². The van der Waals surface area contributed by atoms with Crippen molar-refractivity contribution in [3.05, 3.63) is 36.4 Å². The van der Waals surface area contributed by atoms with Gasteiger partial charge >= 0.3 is 0 Å². The Morgan fingerprint density at radius 3 is 3.00 bits per heavy atom. The summed E-state index contributed by atoms with van der Waals surface area (Å²) in [5.41, 5.74) is 1.12.